The SMILES string of the molecule is CC(CO)OC(=O)C(C)c1cccc(Oc2ccccc2)c1.CC(O)COC(=O)C(C)c1cccc(Oc2ccccc2)c1. The summed E-state index contributed by atoms with van der Waals surface area (Å²) in [5.41, 5.74) is 1.62. The second-order valence-corrected chi connectivity index (χ2v) is 10.3. The van der Waals surface area contributed by atoms with Crippen LogP contribution in [0.4, 0.5) is 0 Å². The predicted octanol–water partition coefficient (Wildman–Crippen LogP) is 7.01. The molecule has 8 heteroatoms. The standard InChI is InChI=1S/2C18H20O4/c1-13(19)12-21-18(20)14(2)15-7-6-10-17(11-15)22-16-8-4-3-5-9-16;1-13(12-19)21-18(20)14(2)15-7-6-10-17(11-15)22-16-8-4-3-5-9-16/h2*3-11,13-14,19H,12H2,1-2H3. The summed E-state index contributed by atoms with van der Waals surface area (Å²) in [4.78, 5) is 24.0. The smallest absolute Gasteiger partial charge is 0.313 e. The molecular weight excluding hydrogens is 560 g/mol. The maximum atomic E-state index is 12.0. The van der Waals surface area contributed by atoms with Gasteiger partial charge in [-0.25, -0.2) is 0 Å². The van der Waals surface area contributed by atoms with Crippen LogP contribution in [0.25, 0.3) is 0 Å². The highest BCUT2D eigenvalue weighted by molar-refractivity contribution is 5.78. The van der Waals surface area contributed by atoms with Gasteiger partial charge in [-0.05, 0) is 87.4 Å². The Bertz CT molecular complexity index is 1440. The van der Waals surface area contributed by atoms with Gasteiger partial charge in [0.2, 0.25) is 0 Å². The normalized spacial score (nSPS) is 13.2. The second-order valence-electron chi connectivity index (χ2n) is 10.3. The Morgan fingerprint density at radius 2 is 1.05 bits per heavy atom. The minimum atomic E-state index is -0.663. The topological polar surface area (TPSA) is 112 Å². The van der Waals surface area contributed by atoms with E-state index < -0.39 is 24.0 Å². The molecule has 4 atom stereocenters. The van der Waals surface area contributed by atoms with Gasteiger partial charge < -0.3 is 29.2 Å². The molecule has 0 radical (unpaired) electrons. The number of hydrogen-bond donors (Lipinski definition) is 2. The number of carbonyl (C=O) groups excluding carboxylic acids is 2. The van der Waals surface area contributed by atoms with Crippen molar-refractivity contribution in [1.82, 2.24) is 0 Å². The number of carbonyl (C=O) groups is 2. The molecule has 0 aliphatic heterocycles. The van der Waals surface area contributed by atoms with Crippen LogP contribution in [0.2, 0.25) is 0 Å². The maximum absolute atomic E-state index is 12.0. The Labute approximate surface area is 258 Å². The molecule has 4 rings (SSSR count). The van der Waals surface area contributed by atoms with Crippen LogP contribution in [-0.4, -0.2) is 47.6 Å². The Balaban J connectivity index is 0.000000240. The Morgan fingerprint density at radius 3 is 1.48 bits per heavy atom. The summed E-state index contributed by atoms with van der Waals surface area (Å²) in [6.07, 6.45) is -1.16. The lowest BCUT2D eigenvalue weighted by Crippen LogP contribution is -2.22. The van der Waals surface area contributed by atoms with E-state index in [2.05, 4.69) is 0 Å². The number of hydrogen-bond acceptors (Lipinski definition) is 8. The monoisotopic (exact) mass is 600 g/mol. The molecule has 44 heavy (non-hydrogen) atoms. The van der Waals surface area contributed by atoms with Gasteiger partial charge in [0.25, 0.3) is 0 Å². The van der Waals surface area contributed by atoms with Crippen LogP contribution >= 0.6 is 0 Å². The molecule has 4 aromatic rings. The summed E-state index contributed by atoms with van der Waals surface area (Å²) in [5, 5.41) is 18.1. The molecular formula is C36H40O8. The van der Waals surface area contributed by atoms with Gasteiger partial charge in [-0.2, -0.15) is 0 Å². The van der Waals surface area contributed by atoms with Crippen LogP contribution in [0.5, 0.6) is 23.0 Å². The van der Waals surface area contributed by atoms with Gasteiger partial charge in [0.05, 0.1) is 24.5 Å². The van der Waals surface area contributed by atoms with Crippen LogP contribution in [-0.2, 0) is 19.1 Å². The third kappa shape index (κ3) is 11.2. The van der Waals surface area contributed by atoms with Crippen molar-refractivity contribution >= 4 is 11.9 Å². The molecule has 2 N–H and O–H groups in total. The van der Waals surface area contributed by atoms with Crippen molar-refractivity contribution in [2.75, 3.05) is 13.2 Å². The molecule has 0 amide bonds. The lowest BCUT2D eigenvalue weighted by Gasteiger charge is -2.16. The molecule has 0 aliphatic rings. The first-order chi connectivity index (χ1) is 21.2. The fourth-order valence-corrected chi connectivity index (χ4v) is 3.88. The molecule has 232 valence electrons. The molecule has 0 heterocycles. The predicted molar refractivity (Wildman–Crippen MR) is 168 cm³/mol. The van der Waals surface area contributed by atoms with Crippen molar-refractivity contribution in [3.63, 3.8) is 0 Å². The zero-order valence-electron chi connectivity index (χ0n) is 25.5. The van der Waals surface area contributed by atoms with Gasteiger partial charge in [-0.3, -0.25) is 9.59 Å². The number of rotatable bonds is 12. The molecule has 0 aliphatic carbocycles. The van der Waals surface area contributed by atoms with Crippen LogP contribution in [0.15, 0.2) is 109 Å². The van der Waals surface area contributed by atoms with Crippen LogP contribution < -0.4 is 9.47 Å². The van der Waals surface area contributed by atoms with Gasteiger partial charge in [-0.15, -0.1) is 0 Å². The average Bonchev–Trinajstić information content (AvgIpc) is 3.04. The largest absolute Gasteiger partial charge is 0.462 e. The van der Waals surface area contributed by atoms with Crippen molar-refractivity contribution in [3.05, 3.63) is 120 Å². The number of esters is 2. The Kier molecular flexibility index (Phi) is 13.4. The molecule has 0 saturated carbocycles. The van der Waals surface area contributed by atoms with Crippen molar-refractivity contribution in [1.29, 1.82) is 0 Å². The van der Waals surface area contributed by atoms with Crippen molar-refractivity contribution in [2.24, 2.45) is 0 Å². The van der Waals surface area contributed by atoms with E-state index in [1.807, 2.05) is 109 Å². The molecule has 8 nitrogen and oxygen atoms in total. The van der Waals surface area contributed by atoms with Gasteiger partial charge in [-0.1, -0.05) is 60.7 Å². The minimum Gasteiger partial charge on any atom is -0.462 e. The molecule has 0 spiro atoms. The maximum Gasteiger partial charge on any atom is 0.313 e. The summed E-state index contributed by atoms with van der Waals surface area (Å²) in [7, 11) is 0. The molecule has 0 aromatic heterocycles. The summed E-state index contributed by atoms with van der Waals surface area (Å²) in [6.45, 7) is 6.59. The van der Waals surface area contributed by atoms with Crippen molar-refractivity contribution in [3.8, 4) is 23.0 Å². The number of ether oxygens (including phenoxy) is 4. The zero-order valence-corrected chi connectivity index (χ0v) is 25.5. The first-order valence-electron chi connectivity index (χ1n) is 14.5. The highest BCUT2D eigenvalue weighted by Gasteiger charge is 2.20. The molecule has 0 fully saturated rings. The number of aliphatic hydroxyl groups excluding tert-OH is 2. The van der Waals surface area contributed by atoms with Gasteiger partial charge >= 0.3 is 11.9 Å². The fourth-order valence-electron chi connectivity index (χ4n) is 3.88. The Morgan fingerprint density at radius 1 is 0.614 bits per heavy atom. The van der Waals surface area contributed by atoms with E-state index >= 15 is 0 Å². The van der Waals surface area contributed by atoms with E-state index in [4.69, 9.17) is 29.2 Å². The van der Waals surface area contributed by atoms with E-state index in [0.717, 1.165) is 22.6 Å². The number of aliphatic hydroxyl groups is 2. The summed E-state index contributed by atoms with van der Waals surface area (Å²) >= 11 is 0. The molecule has 4 unspecified atom stereocenters. The first kappa shape index (κ1) is 33.8. The summed E-state index contributed by atoms with van der Waals surface area (Å²) < 4.78 is 21.7. The van der Waals surface area contributed by atoms with Gasteiger partial charge in [0.1, 0.15) is 35.7 Å². The van der Waals surface area contributed by atoms with E-state index in [1.54, 1.807) is 27.7 Å². The third-order valence-electron chi connectivity index (χ3n) is 6.42. The van der Waals surface area contributed by atoms with Crippen LogP contribution in [0.3, 0.4) is 0 Å². The Hall–Kier alpha value is -4.66. The van der Waals surface area contributed by atoms with Gasteiger partial charge in [0.15, 0.2) is 0 Å². The van der Waals surface area contributed by atoms with Gasteiger partial charge in [0, 0.05) is 0 Å². The van der Waals surface area contributed by atoms with E-state index in [0.29, 0.717) is 11.5 Å². The number of benzene rings is 4. The quantitative estimate of drug-likeness (QED) is 0.167. The minimum absolute atomic E-state index is 0.00335. The lowest BCUT2D eigenvalue weighted by atomic mass is 10.0. The summed E-state index contributed by atoms with van der Waals surface area (Å²) in [6, 6.07) is 33.6. The molecule has 0 bridgehead atoms. The number of para-hydroxylation sites is 2. The molecule has 4 aromatic carbocycles. The fraction of sp³-hybridized carbons (Fsp3) is 0.278. The zero-order chi connectivity index (χ0) is 31.9. The second kappa shape index (κ2) is 17.5. The van der Waals surface area contributed by atoms with Crippen LogP contribution in [0.1, 0.15) is 50.7 Å². The molecule has 0 saturated heterocycles. The highest BCUT2D eigenvalue weighted by Crippen LogP contribution is 2.27. The lowest BCUT2D eigenvalue weighted by molar-refractivity contribution is -0.151. The van der Waals surface area contributed by atoms with Crippen molar-refractivity contribution < 1.29 is 38.7 Å². The highest BCUT2D eigenvalue weighted by atomic mass is 16.6. The van der Waals surface area contributed by atoms with E-state index in [-0.39, 0.29) is 25.2 Å². The average molecular weight is 601 g/mol. The summed E-state index contributed by atoms with van der Waals surface area (Å²) in [5.74, 6) is 1.24. The third-order valence-corrected chi connectivity index (χ3v) is 6.42. The van der Waals surface area contributed by atoms with Crippen molar-refractivity contribution in [2.45, 2.75) is 51.7 Å². The van der Waals surface area contributed by atoms with E-state index in [9.17, 15) is 9.59 Å². The van der Waals surface area contributed by atoms with Crippen LogP contribution in [0, 0.1) is 0 Å². The first-order valence-corrected chi connectivity index (χ1v) is 14.5. The van der Waals surface area contributed by atoms with E-state index in [1.165, 1.54) is 0 Å².